The van der Waals surface area contributed by atoms with Crippen LogP contribution in [0.1, 0.15) is 6.42 Å². The van der Waals surface area contributed by atoms with Crippen LogP contribution in [0, 0.1) is 5.41 Å². The Hall–Kier alpha value is -0.310. The van der Waals surface area contributed by atoms with Gasteiger partial charge in [-0.3, -0.25) is 10.2 Å². The van der Waals surface area contributed by atoms with Gasteiger partial charge in [0.1, 0.15) is 0 Å². The number of hydrogen-bond acceptors (Lipinski definition) is 3. The monoisotopic (exact) mass is 325 g/mol. The van der Waals surface area contributed by atoms with Crippen LogP contribution in [0.25, 0.3) is 5.41 Å². The maximum Gasteiger partial charge on any atom is 0.278 e. The van der Waals surface area contributed by atoms with Crippen LogP contribution in [0.5, 0.6) is 0 Å². The Morgan fingerprint density at radius 3 is 2.79 bits per heavy atom. The second kappa shape index (κ2) is 4.96. The second-order valence-electron chi connectivity index (χ2n) is 2.91. The largest absolute Gasteiger partial charge is 0.489 e. The van der Waals surface area contributed by atoms with E-state index in [1.807, 2.05) is 0 Å². The molecule has 0 aromatic carbocycles. The van der Waals surface area contributed by atoms with Crippen molar-refractivity contribution in [2.75, 3.05) is 13.1 Å². The molecule has 1 amide bonds. The Kier molecular flexibility index (Phi) is 4.17. The predicted octanol–water partition coefficient (Wildman–Crippen LogP) is 0.617. The summed E-state index contributed by atoms with van der Waals surface area (Å²) in [5, 5.41) is 15.4. The summed E-state index contributed by atoms with van der Waals surface area (Å²) in [7, 11) is 0. The molecule has 0 spiro atoms. The number of amides is 1. The van der Waals surface area contributed by atoms with Gasteiger partial charge in [-0.25, -0.2) is 0 Å². The lowest BCUT2D eigenvalue weighted by Gasteiger charge is -2.15. The number of nitrogens with two attached hydrogens (primary N) is 1. The first-order valence-corrected chi connectivity index (χ1v) is 6.08. The SMILES string of the molecule is [N-]=C(N)SC(=N)C(=O)N1CCC(I)C1. The zero-order valence-corrected chi connectivity index (χ0v) is 10.3. The van der Waals surface area contributed by atoms with E-state index >= 15 is 0 Å². The minimum Gasteiger partial charge on any atom is -0.489 e. The maximum absolute atomic E-state index is 11.5. The number of alkyl halides is 1. The van der Waals surface area contributed by atoms with E-state index in [-0.39, 0.29) is 11.0 Å². The molecule has 0 saturated carbocycles. The summed E-state index contributed by atoms with van der Waals surface area (Å²) in [6.45, 7) is 1.36. The molecule has 3 N–H and O–H groups in total. The summed E-state index contributed by atoms with van der Waals surface area (Å²) in [6, 6.07) is 0. The molecule has 1 atom stereocenters. The van der Waals surface area contributed by atoms with Crippen molar-refractivity contribution in [3.05, 3.63) is 5.41 Å². The number of carbonyl (C=O) groups is 1. The zero-order valence-electron chi connectivity index (χ0n) is 7.36. The first kappa shape index (κ1) is 11.8. The number of thioether (sulfide) groups is 1. The van der Waals surface area contributed by atoms with Gasteiger partial charge in [0.25, 0.3) is 5.91 Å². The molecular formula is C7H10IN4OS-. The van der Waals surface area contributed by atoms with E-state index in [0.717, 1.165) is 6.42 Å². The van der Waals surface area contributed by atoms with Crippen molar-refractivity contribution in [1.29, 1.82) is 5.41 Å². The average molecular weight is 325 g/mol. The number of nitrogens with zero attached hydrogens (tertiary/aromatic N) is 2. The maximum atomic E-state index is 11.5. The molecule has 78 valence electrons. The Morgan fingerprint density at radius 2 is 2.36 bits per heavy atom. The molecule has 14 heavy (non-hydrogen) atoms. The van der Waals surface area contributed by atoms with Crippen molar-refractivity contribution < 1.29 is 4.79 Å². The van der Waals surface area contributed by atoms with Gasteiger partial charge in [-0.05, 0) is 11.6 Å². The number of halogens is 1. The predicted molar refractivity (Wildman–Crippen MR) is 66.9 cm³/mol. The van der Waals surface area contributed by atoms with Crippen molar-refractivity contribution in [2.24, 2.45) is 5.73 Å². The Bertz CT molecular complexity index is 283. The fourth-order valence-electron chi connectivity index (χ4n) is 1.19. The highest BCUT2D eigenvalue weighted by Gasteiger charge is 2.26. The van der Waals surface area contributed by atoms with Gasteiger partial charge >= 0.3 is 0 Å². The van der Waals surface area contributed by atoms with Crippen LogP contribution in [-0.2, 0) is 4.79 Å². The normalized spacial score (nSPS) is 20.9. The van der Waals surface area contributed by atoms with Crippen LogP contribution in [0.3, 0.4) is 0 Å². The van der Waals surface area contributed by atoms with Crippen LogP contribution in [0.15, 0.2) is 0 Å². The topological polar surface area (TPSA) is 92.5 Å². The Morgan fingerprint density at radius 1 is 1.71 bits per heavy atom. The number of nitrogens with one attached hydrogen (secondary N) is 1. The van der Waals surface area contributed by atoms with E-state index in [4.69, 9.17) is 16.6 Å². The summed E-state index contributed by atoms with van der Waals surface area (Å²) in [5.74, 6) is -0.355. The van der Waals surface area contributed by atoms with E-state index in [0.29, 0.717) is 28.8 Å². The molecular weight excluding hydrogens is 315 g/mol. The first-order valence-electron chi connectivity index (χ1n) is 4.02. The third-order valence-corrected chi connectivity index (χ3v) is 3.42. The molecule has 0 radical (unpaired) electrons. The lowest BCUT2D eigenvalue weighted by Crippen LogP contribution is -2.34. The van der Waals surface area contributed by atoms with Crippen molar-refractivity contribution >= 4 is 50.5 Å². The number of hydrogen-bond donors (Lipinski definition) is 2. The van der Waals surface area contributed by atoms with Gasteiger partial charge in [0.05, 0.1) is 0 Å². The molecule has 1 aliphatic rings. The van der Waals surface area contributed by atoms with Crippen molar-refractivity contribution in [1.82, 2.24) is 4.90 Å². The van der Waals surface area contributed by atoms with Gasteiger partial charge < -0.3 is 16.0 Å². The van der Waals surface area contributed by atoms with Crippen molar-refractivity contribution in [3.8, 4) is 0 Å². The van der Waals surface area contributed by atoms with Crippen LogP contribution in [-0.4, -0.2) is 38.0 Å². The molecule has 0 aliphatic carbocycles. The molecule has 7 heteroatoms. The van der Waals surface area contributed by atoms with Crippen LogP contribution in [0.4, 0.5) is 0 Å². The third-order valence-electron chi connectivity index (χ3n) is 1.82. The molecule has 1 rings (SSSR count). The molecule has 1 saturated heterocycles. The smallest absolute Gasteiger partial charge is 0.278 e. The van der Waals surface area contributed by atoms with Gasteiger partial charge in [-0.15, -0.1) is 0 Å². The van der Waals surface area contributed by atoms with E-state index < -0.39 is 5.17 Å². The minimum absolute atomic E-state index is 0.226. The molecule has 1 aliphatic heterocycles. The minimum atomic E-state index is -0.464. The van der Waals surface area contributed by atoms with Gasteiger partial charge in [-0.2, -0.15) is 0 Å². The van der Waals surface area contributed by atoms with E-state index in [1.165, 1.54) is 0 Å². The fourth-order valence-corrected chi connectivity index (χ4v) is 2.37. The highest BCUT2D eigenvalue weighted by Crippen LogP contribution is 2.18. The third kappa shape index (κ3) is 3.12. The van der Waals surface area contributed by atoms with E-state index in [9.17, 15) is 4.79 Å². The van der Waals surface area contributed by atoms with Gasteiger partial charge in [-0.1, -0.05) is 34.4 Å². The van der Waals surface area contributed by atoms with Gasteiger partial charge in [0.2, 0.25) is 0 Å². The van der Waals surface area contributed by atoms with Gasteiger partial charge in [0.15, 0.2) is 5.04 Å². The van der Waals surface area contributed by atoms with Crippen LogP contribution >= 0.6 is 34.4 Å². The molecule has 0 bridgehead atoms. The summed E-state index contributed by atoms with van der Waals surface area (Å²) in [6.07, 6.45) is 0.961. The average Bonchev–Trinajstić information content (AvgIpc) is 2.49. The highest BCUT2D eigenvalue weighted by atomic mass is 127. The number of rotatable bonds is 0. The second-order valence-corrected chi connectivity index (χ2v) is 5.70. The standard InChI is InChI=1S/C7H10IN4OS/c8-4-1-2-12(3-4)6(13)5(9)14-7(10)11/h4,9H,1-3H2,(H2-,10,11)/q-1. The Labute approximate surface area is 99.9 Å². The molecule has 0 aromatic heterocycles. The lowest BCUT2D eigenvalue weighted by atomic mass is 10.4. The fraction of sp³-hybridized carbons (Fsp3) is 0.571. The van der Waals surface area contributed by atoms with Crippen LogP contribution < -0.4 is 5.73 Å². The summed E-state index contributed by atoms with van der Waals surface area (Å²) >= 11 is 2.87. The summed E-state index contributed by atoms with van der Waals surface area (Å²) in [4.78, 5) is 13.1. The zero-order chi connectivity index (χ0) is 10.7. The number of amidine groups is 1. The molecule has 1 heterocycles. The number of carbonyl (C=O) groups excluding carboxylic acids is 1. The molecule has 1 fully saturated rings. The van der Waals surface area contributed by atoms with E-state index in [2.05, 4.69) is 22.6 Å². The summed E-state index contributed by atoms with van der Waals surface area (Å²) < 4.78 is 0.463. The van der Waals surface area contributed by atoms with Crippen molar-refractivity contribution in [2.45, 2.75) is 10.3 Å². The first-order chi connectivity index (χ1) is 6.50. The molecule has 1 unspecified atom stereocenters. The molecule has 5 nitrogen and oxygen atoms in total. The highest BCUT2D eigenvalue weighted by molar-refractivity contribution is 14.1. The lowest BCUT2D eigenvalue weighted by molar-refractivity contribution is -0.122. The molecule has 0 aromatic rings. The quantitative estimate of drug-likeness (QED) is 0.296. The number of likely N-dealkylation sites (tertiary alicyclic amines) is 1. The van der Waals surface area contributed by atoms with Crippen LogP contribution in [0.2, 0.25) is 0 Å². The Balaban J connectivity index is 2.49. The summed E-state index contributed by atoms with van der Waals surface area (Å²) in [5.41, 5.74) is 4.98. The van der Waals surface area contributed by atoms with Gasteiger partial charge in [0, 0.05) is 17.0 Å². The van der Waals surface area contributed by atoms with Crippen molar-refractivity contribution in [3.63, 3.8) is 0 Å². The van der Waals surface area contributed by atoms with E-state index in [1.54, 1.807) is 4.90 Å².